The zero-order valence-electron chi connectivity index (χ0n) is 15.4. The van der Waals surface area contributed by atoms with E-state index in [0.717, 1.165) is 11.0 Å². The van der Waals surface area contributed by atoms with Gasteiger partial charge in [0.2, 0.25) is 0 Å². The summed E-state index contributed by atoms with van der Waals surface area (Å²) in [5.41, 5.74) is -0.563. The van der Waals surface area contributed by atoms with Crippen LogP contribution in [0.5, 0.6) is 0 Å². The van der Waals surface area contributed by atoms with Crippen LogP contribution in [-0.4, -0.2) is 38.2 Å². The van der Waals surface area contributed by atoms with Gasteiger partial charge in [-0.3, -0.25) is 9.59 Å². The molecule has 150 valence electrons. The highest BCUT2D eigenvalue weighted by atomic mass is 32.2. The minimum Gasteiger partial charge on any atom is -0.322 e. The van der Waals surface area contributed by atoms with Crippen LogP contribution in [0.1, 0.15) is 5.56 Å². The van der Waals surface area contributed by atoms with Crippen molar-refractivity contribution in [2.45, 2.75) is 11.1 Å². The lowest BCUT2D eigenvalue weighted by Crippen LogP contribution is -3.11. The summed E-state index contributed by atoms with van der Waals surface area (Å²) in [6.07, 6.45) is -2.64. The van der Waals surface area contributed by atoms with E-state index in [0.29, 0.717) is 10.6 Å². The van der Waals surface area contributed by atoms with E-state index in [2.05, 4.69) is 10.6 Å². The normalized spacial score (nSPS) is 12.3. The first kappa shape index (κ1) is 21.8. The molecule has 0 radical (unpaired) electrons. The second-order valence-electron chi connectivity index (χ2n) is 6.18. The van der Waals surface area contributed by atoms with Crippen LogP contribution in [0.3, 0.4) is 0 Å². The highest BCUT2D eigenvalue weighted by molar-refractivity contribution is 7.98. The number of benzene rings is 2. The lowest BCUT2D eigenvalue weighted by Gasteiger charge is -2.16. The predicted octanol–water partition coefficient (Wildman–Crippen LogP) is 2.52. The Hall–Kier alpha value is -2.52. The summed E-state index contributed by atoms with van der Waals surface area (Å²) in [7, 11) is 1.62. The predicted molar refractivity (Wildman–Crippen MR) is 104 cm³/mol. The van der Waals surface area contributed by atoms with Crippen LogP contribution in [0.15, 0.2) is 53.4 Å². The zero-order chi connectivity index (χ0) is 20.7. The molecule has 1 unspecified atom stereocenters. The molecular weight excluding hydrogens is 391 g/mol. The number of rotatable bonds is 7. The number of carbonyl (C=O) groups excluding carboxylic acids is 2. The summed E-state index contributed by atoms with van der Waals surface area (Å²) in [6, 6.07) is 12.1. The summed E-state index contributed by atoms with van der Waals surface area (Å²) in [5, 5.41) is 5.02. The molecule has 0 aliphatic heterocycles. The van der Waals surface area contributed by atoms with E-state index in [1.807, 2.05) is 24.5 Å². The zero-order valence-corrected chi connectivity index (χ0v) is 16.2. The first-order chi connectivity index (χ1) is 13.2. The largest absolute Gasteiger partial charge is 0.418 e. The monoisotopic (exact) mass is 412 g/mol. The number of carbonyl (C=O) groups is 2. The topological polar surface area (TPSA) is 62.6 Å². The molecular formula is C19H21F3N3O2S+. The summed E-state index contributed by atoms with van der Waals surface area (Å²) in [6.45, 7) is -0.150. The Morgan fingerprint density at radius 2 is 1.64 bits per heavy atom. The van der Waals surface area contributed by atoms with Gasteiger partial charge in [-0.2, -0.15) is 13.2 Å². The first-order valence-electron chi connectivity index (χ1n) is 8.40. The molecule has 0 heterocycles. The Kier molecular flexibility index (Phi) is 7.47. The van der Waals surface area contributed by atoms with Crippen molar-refractivity contribution in [2.24, 2.45) is 0 Å². The molecule has 0 aliphatic carbocycles. The molecule has 9 heteroatoms. The van der Waals surface area contributed by atoms with Gasteiger partial charge in [0.1, 0.15) is 0 Å². The fourth-order valence-corrected chi connectivity index (χ4v) is 3.01. The van der Waals surface area contributed by atoms with E-state index in [9.17, 15) is 22.8 Å². The van der Waals surface area contributed by atoms with Crippen LogP contribution in [0.2, 0.25) is 0 Å². The molecule has 0 aromatic heterocycles. The van der Waals surface area contributed by atoms with E-state index < -0.39 is 17.6 Å². The van der Waals surface area contributed by atoms with Gasteiger partial charge in [0.15, 0.2) is 13.1 Å². The summed E-state index contributed by atoms with van der Waals surface area (Å²) in [5.74, 6) is -0.898. The van der Waals surface area contributed by atoms with Crippen molar-refractivity contribution in [2.75, 3.05) is 37.0 Å². The Morgan fingerprint density at radius 3 is 2.29 bits per heavy atom. The summed E-state index contributed by atoms with van der Waals surface area (Å²) >= 11 is 1.55. The van der Waals surface area contributed by atoms with Gasteiger partial charge in [0.25, 0.3) is 11.8 Å². The number of quaternary nitrogens is 1. The molecule has 0 fully saturated rings. The summed E-state index contributed by atoms with van der Waals surface area (Å²) < 4.78 is 39.0. The molecule has 28 heavy (non-hydrogen) atoms. The molecule has 0 saturated heterocycles. The molecule has 2 aromatic carbocycles. The van der Waals surface area contributed by atoms with Gasteiger partial charge < -0.3 is 15.5 Å². The van der Waals surface area contributed by atoms with E-state index in [1.165, 1.54) is 18.2 Å². The Morgan fingerprint density at radius 1 is 1.00 bits per heavy atom. The van der Waals surface area contributed by atoms with Gasteiger partial charge in [0, 0.05) is 10.6 Å². The number of thioether (sulfide) groups is 1. The maximum absolute atomic E-state index is 13.0. The van der Waals surface area contributed by atoms with Crippen molar-refractivity contribution in [3.05, 3.63) is 54.1 Å². The molecule has 2 aromatic rings. The Bertz CT molecular complexity index is 843. The number of alkyl halides is 3. The number of halogens is 3. The van der Waals surface area contributed by atoms with Crippen molar-refractivity contribution in [3.63, 3.8) is 0 Å². The van der Waals surface area contributed by atoms with Crippen LogP contribution >= 0.6 is 11.8 Å². The standard InChI is InChI=1S/C19H20F3N3O2S/c1-25(11-17(26)23-13-6-5-7-14(10-13)28-2)12-18(27)24-16-9-4-3-8-15(16)19(20,21)22/h3-10H,11-12H2,1-2H3,(H,23,26)(H,24,27)/p+1. The molecule has 2 amide bonds. The highest BCUT2D eigenvalue weighted by Crippen LogP contribution is 2.34. The highest BCUT2D eigenvalue weighted by Gasteiger charge is 2.33. The average molecular weight is 412 g/mol. The number of hydrogen-bond acceptors (Lipinski definition) is 3. The summed E-state index contributed by atoms with van der Waals surface area (Å²) in [4.78, 5) is 25.8. The average Bonchev–Trinajstić information content (AvgIpc) is 2.60. The maximum atomic E-state index is 13.0. The van der Waals surface area contributed by atoms with Crippen molar-refractivity contribution < 1.29 is 27.7 Å². The van der Waals surface area contributed by atoms with Crippen LogP contribution in [0, 0.1) is 0 Å². The van der Waals surface area contributed by atoms with Crippen LogP contribution in [0.25, 0.3) is 0 Å². The fraction of sp³-hybridized carbons (Fsp3) is 0.263. The lowest BCUT2D eigenvalue weighted by molar-refractivity contribution is -0.862. The number of anilines is 2. The van der Waals surface area contributed by atoms with Gasteiger partial charge in [-0.15, -0.1) is 11.8 Å². The van der Waals surface area contributed by atoms with Crippen LogP contribution in [-0.2, 0) is 15.8 Å². The Balaban J connectivity index is 1.90. The quantitative estimate of drug-likeness (QED) is 0.613. The van der Waals surface area contributed by atoms with Crippen LogP contribution in [0.4, 0.5) is 24.5 Å². The third-order valence-corrected chi connectivity index (χ3v) is 4.51. The molecule has 0 saturated carbocycles. The van der Waals surface area contributed by atoms with Gasteiger partial charge in [0.05, 0.1) is 18.3 Å². The van der Waals surface area contributed by atoms with Gasteiger partial charge >= 0.3 is 6.18 Å². The number of likely N-dealkylation sites (N-methyl/N-ethyl adjacent to an activating group) is 1. The third-order valence-electron chi connectivity index (χ3n) is 3.78. The number of amides is 2. The van der Waals surface area contributed by atoms with Gasteiger partial charge in [-0.1, -0.05) is 18.2 Å². The van der Waals surface area contributed by atoms with Crippen molar-refractivity contribution in [3.8, 4) is 0 Å². The van der Waals surface area contributed by atoms with E-state index in [1.54, 1.807) is 24.9 Å². The second-order valence-corrected chi connectivity index (χ2v) is 7.06. The molecule has 0 aliphatic rings. The van der Waals surface area contributed by atoms with Gasteiger partial charge in [-0.25, -0.2) is 0 Å². The minimum absolute atomic E-state index is 0.00215. The molecule has 0 bridgehead atoms. The Labute approximate surface area is 165 Å². The van der Waals surface area contributed by atoms with E-state index >= 15 is 0 Å². The SMILES string of the molecule is CSc1cccc(NC(=O)C[NH+](C)CC(=O)Nc2ccccc2C(F)(F)F)c1. The molecule has 2 rings (SSSR count). The molecule has 3 N–H and O–H groups in total. The molecule has 1 atom stereocenters. The van der Waals surface area contributed by atoms with Crippen molar-refractivity contribution >= 4 is 35.0 Å². The minimum atomic E-state index is -4.56. The third kappa shape index (κ3) is 6.58. The van der Waals surface area contributed by atoms with E-state index in [-0.39, 0.29) is 24.7 Å². The second kappa shape index (κ2) is 9.61. The van der Waals surface area contributed by atoms with Gasteiger partial charge in [-0.05, 0) is 36.6 Å². The fourth-order valence-electron chi connectivity index (χ4n) is 2.55. The number of hydrogen-bond donors (Lipinski definition) is 3. The molecule has 0 spiro atoms. The van der Waals surface area contributed by atoms with Crippen molar-refractivity contribution in [1.82, 2.24) is 0 Å². The maximum Gasteiger partial charge on any atom is 0.418 e. The smallest absolute Gasteiger partial charge is 0.322 e. The number of para-hydroxylation sites is 1. The van der Waals surface area contributed by atoms with Crippen molar-refractivity contribution in [1.29, 1.82) is 0 Å². The van der Waals surface area contributed by atoms with Crippen LogP contribution < -0.4 is 15.5 Å². The number of nitrogens with one attached hydrogen (secondary N) is 3. The first-order valence-corrected chi connectivity index (χ1v) is 9.63. The lowest BCUT2D eigenvalue weighted by atomic mass is 10.1. The molecule has 5 nitrogen and oxygen atoms in total. The van der Waals surface area contributed by atoms with E-state index in [4.69, 9.17) is 0 Å².